The van der Waals surface area contributed by atoms with Crippen LogP contribution in [0, 0.1) is 0 Å². The molecule has 2 aromatic rings. The van der Waals surface area contributed by atoms with Crippen molar-refractivity contribution >= 4 is 22.9 Å². The van der Waals surface area contributed by atoms with Gasteiger partial charge in [0.15, 0.2) is 5.58 Å². The van der Waals surface area contributed by atoms with Gasteiger partial charge in [0, 0.05) is 11.3 Å². The summed E-state index contributed by atoms with van der Waals surface area (Å²) in [7, 11) is 0. The molecule has 0 aliphatic carbocycles. The molecule has 5 heteroatoms. The standard InChI is InChI=1S/C14H20N2O2S/c1-3-15-14(2,10-17)8-9-19-13-16-11-6-4-5-7-12(11)18-13/h4-7,15,17H,3,8-10H2,1-2H3. The third kappa shape index (κ3) is 3.72. The number of hydrogen-bond donors (Lipinski definition) is 2. The van der Waals surface area contributed by atoms with Crippen LogP contribution in [0.2, 0.25) is 0 Å². The maximum Gasteiger partial charge on any atom is 0.256 e. The van der Waals surface area contributed by atoms with Crippen LogP contribution in [0.25, 0.3) is 11.1 Å². The van der Waals surface area contributed by atoms with Gasteiger partial charge in [0.1, 0.15) is 5.52 Å². The molecule has 0 aliphatic heterocycles. The number of para-hydroxylation sites is 2. The molecule has 19 heavy (non-hydrogen) atoms. The van der Waals surface area contributed by atoms with Crippen molar-refractivity contribution in [3.8, 4) is 0 Å². The van der Waals surface area contributed by atoms with Crippen LogP contribution in [-0.4, -0.2) is 34.5 Å². The van der Waals surface area contributed by atoms with E-state index < -0.39 is 0 Å². The van der Waals surface area contributed by atoms with Crippen LogP contribution in [-0.2, 0) is 0 Å². The lowest BCUT2D eigenvalue weighted by Gasteiger charge is -2.27. The highest BCUT2D eigenvalue weighted by atomic mass is 32.2. The zero-order chi connectivity index (χ0) is 13.7. The average molecular weight is 280 g/mol. The van der Waals surface area contributed by atoms with Crippen LogP contribution < -0.4 is 5.32 Å². The predicted molar refractivity (Wildman–Crippen MR) is 78.5 cm³/mol. The summed E-state index contributed by atoms with van der Waals surface area (Å²) in [5, 5.41) is 13.4. The van der Waals surface area contributed by atoms with E-state index in [4.69, 9.17) is 4.42 Å². The third-order valence-corrected chi connectivity index (χ3v) is 3.94. The molecule has 2 N–H and O–H groups in total. The number of aliphatic hydroxyl groups is 1. The molecule has 0 saturated heterocycles. The Balaban J connectivity index is 1.91. The Morgan fingerprint density at radius 2 is 2.21 bits per heavy atom. The van der Waals surface area contributed by atoms with Crippen LogP contribution in [0.5, 0.6) is 0 Å². The van der Waals surface area contributed by atoms with Gasteiger partial charge in [-0.15, -0.1) is 0 Å². The first-order valence-electron chi connectivity index (χ1n) is 6.51. The van der Waals surface area contributed by atoms with E-state index in [-0.39, 0.29) is 12.1 Å². The highest BCUT2D eigenvalue weighted by Gasteiger charge is 2.21. The summed E-state index contributed by atoms with van der Waals surface area (Å²) in [4.78, 5) is 4.42. The quantitative estimate of drug-likeness (QED) is 0.764. The van der Waals surface area contributed by atoms with Crippen LogP contribution in [0.4, 0.5) is 0 Å². The van der Waals surface area contributed by atoms with Gasteiger partial charge in [0.25, 0.3) is 5.22 Å². The zero-order valence-electron chi connectivity index (χ0n) is 11.3. The molecule has 1 aromatic heterocycles. The molecule has 4 nitrogen and oxygen atoms in total. The first kappa shape index (κ1) is 14.4. The minimum absolute atomic E-state index is 0.134. The second-order valence-electron chi connectivity index (χ2n) is 4.80. The summed E-state index contributed by atoms with van der Waals surface area (Å²) in [6.45, 7) is 5.06. The molecule has 1 aromatic carbocycles. The summed E-state index contributed by atoms with van der Waals surface area (Å²) in [5.74, 6) is 0.858. The maximum absolute atomic E-state index is 9.42. The van der Waals surface area contributed by atoms with Crippen molar-refractivity contribution in [2.75, 3.05) is 18.9 Å². The number of hydrogen-bond acceptors (Lipinski definition) is 5. The molecular formula is C14H20N2O2S. The van der Waals surface area contributed by atoms with Crippen molar-refractivity contribution in [2.45, 2.75) is 31.0 Å². The van der Waals surface area contributed by atoms with E-state index in [1.54, 1.807) is 11.8 Å². The van der Waals surface area contributed by atoms with E-state index >= 15 is 0 Å². The number of thioether (sulfide) groups is 1. The summed E-state index contributed by atoms with van der Waals surface area (Å²) in [6, 6.07) is 7.76. The third-order valence-electron chi connectivity index (χ3n) is 3.11. The van der Waals surface area contributed by atoms with Crippen molar-refractivity contribution in [2.24, 2.45) is 0 Å². The Labute approximate surface area is 117 Å². The van der Waals surface area contributed by atoms with Gasteiger partial charge >= 0.3 is 0 Å². The smallest absolute Gasteiger partial charge is 0.256 e. The number of aliphatic hydroxyl groups excluding tert-OH is 1. The normalized spacial score (nSPS) is 14.7. The van der Waals surface area contributed by atoms with Crippen molar-refractivity contribution in [1.82, 2.24) is 10.3 Å². The Morgan fingerprint density at radius 3 is 2.89 bits per heavy atom. The van der Waals surface area contributed by atoms with Gasteiger partial charge in [0.2, 0.25) is 0 Å². The summed E-state index contributed by atoms with van der Waals surface area (Å²) >= 11 is 1.59. The molecule has 0 bridgehead atoms. The molecule has 0 fully saturated rings. The lowest BCUT2D eigenvalue weighted by molar-refractivity contribution is 0.173. The van der Waals surface area contributed by atoms with E-state index in [2.05, 4.69) is 10.3 Å². The van der Waals surface area contributed by atoms with E-state index in [0.717, 1.165) is 29.8 Å². The van der Waals surface area contributed by atoms with Gasteiger partial charge in [-0.1, -0.05) is 30.8 Å². The van der Waals surface area contributed by atoms with Gasteiger partial charge < -0.3 is 14.8 Å². The SMILES string of the molecule is CCNC(C)(CO)CCSc1nc2ccccc2o1. The number of nitrogens with zero attached hydrogens (tertiary/aromatic N) is 1. The lowest BCUT2D eigenvalue weighted by Crippen LogP contribution is -2.46. The number of oxazole rings is 1. The molecule has 1 heterocycles. The number of benzene rings is 1. The molecule has 1 atom stereocenters. The zero-order valence-corrected chi connectivity index (χ0v) is 12.2. The maximum atomic E-state index is 9.42. The minimum Gasteiger partial charge on any atom is -0.431 e. The Bertz CT molecular complexity index is 496. The number of fused-ring (bicyclic) bond motifs is 1. The monoisotopic (exact) mass is 280 g/mol. The van der Waals surface area contributed by atoms with Gasteiger partial charge in [-0.3, -0.25) is 0 Å². The number of rotatable bonds is 7. The molecular weight excluding hydrogens is 260 g/mol. The van der Waals surface area contributed by atoms with Crippen LogP contribution in [0.1, 0.15) is 20.3 Å². The van der Waals surface area contributed by atoms with E-state index in [1.165, 1.54) is 0 Å². The molecule has 0 radical (unpaired) electrons. The highest BCUT2D eigenvalue weighted by molar-refractivity contribution is 7.99. The number of aromatic nitrogens is 1. The molecule has 0 amide bonds. The minimum atomic E-state index is -0.228. The largest absolute Gasteiger partial charge is 0.431 e. The second-order valence-corrected chi connectivity index (χ2v) is 5.84. The van der Waals surface area contributed by atoms with Gasteiger partial charge in [-0.25, -0.2) is 4.98 Å². The van der Waals surface area contributed by atoms with E-state index in [9.17, 15) is 5.11 Å². The number of nitrogens with one attached hydrogen (secondary N) is 1. The van der Waals surface area contributed by atoms with Crippen molar-refractivity contribution in [3.63, 3.8) is 0 Å². The second kappa shape index (κ2) is 6.41. The molecule has 1 unspecified atom stereocenters. The first-order chi connectivity index (χ1) is 9.17. The van der Waals surface area contributed by atoms with Crippen molar-refractivity contribution in [1.29, 1.82) is 0 Å². The predicted octanol–water partition coefficient (Wildman–Crippen LogP) is 2.67. The van der Waals surface area contributed by atoms with Crippen LogP contribution >= 0.6 is 11.8 Å². The molecule has 104 valence electrons. The van der Waals surface area contributed by atoms with E-state index in [0.29, 0.717) is 5.22 Å². The summed E-state index contributed by atoms with van der Waals surface area (Å²) in [5.41, 5.74) is 1.48. The molecule has 0 saturated carbocycles. The Morgan fingerprint density at radius 1 is 1.42 bits per heavy atom. The Kier molecular flexibility index (Phi) is 4.85. The van der Waals surface area contributed by atoms with E-state index in [1.807, 2.05) is 38.1 Å². The molecule has 0 spiro atoms. The van der Waals surface area contributed by atoms with Gasteiger partial charge in [0.05, 0.1) is 6.61 Å². The topological polar surface area (TPSA) is 58.3 Å². The van der Waals surface area contributed by atoms with Crippen LogP contribution in [0.15, 0.2) is 33.9 Å². The summed E-state index contributed by atoms with van der Waals surface area (Å²) in [6.07, 6.45) is 0.862. The first-order valence-corrected chi connectivity index (χ1v) is 7.50. The fourth-order valence-corrected chi connectivity index (χ4v) is 2.97. The summed E-state index contributed by atoms with van der Waals surface area (Å²) < 4.78 is 5.65. The number of likely N-dealkylation sites (N-methyl/N-ethyl adjacent to an activating group) is 1. The van der Waals surface area contributed by atoms with Crippen LogP contribution in [0.3, 0.4) is 0 Å². The highest BCUT2D eigenvalue weighted by Crippen LogP contribution is 2.25. The van der Waals surface area contributed by atoms with Gasteiger partial charge in [-0.2, -0.15) is 0 Å². The molecule has 2 rings (SSSR count). The lowest BCUT2D eigenvalue weighted by atomic mass is 10.0. The Hall–Kier alpha value is -1.04. The van der Waals surface area contributed by atoms with Crippen molar-refractivity contribution < 1.29 is 9.52 Å². The fourth-order valence-electron chi connectivity index (χ4n) is 1.93. The fraction of sp³-hybridized carbons (Fsp3) is 0.500. The average Bonchev–Trinajstić information content (AvgIpc) is 2.81. The van der Waals surface area contributed by atoms with Crippen molar-refractivity contribution in [3.05, 3.63) is 24.3 Å². The van der Waals surface area contributed by atoms with Gasteiger partial charge in [-0.05, 0) is 32.0 Å². The molecule has 0 aliphatic rings.